The van der Waals surface area contributed by atoms with Crippen LogP contribution in [0.25, 0.3) is 0 Å². The van der Waals surface area contributed by atoms with Crippen molar-refractivity contribution in [1.82, 2.24) is 14.8 Å². The highest BCUT2D eigenvalue weighted by atomic mass is 35.5. The van der Waals surface area contributed by atoms with Gasteiger partial charge in [-0.05, 0) is 29.8 Å². The zero-order valence-electron chi connectivity index (χ0n) is 14.2. The maximum atomic E-state index is 6.24. The minimum absolute atomic E-state index is 0.257. The van der Waals surface area contributed by atoms with E-state index >= 15 is 0 Å². The number of allylic oxidation sites excluding steroid dienone is 1. The zero-order chi connectivity index (χ0) is 19.2. The molecule has 0 radical (unpaired) electrons. The third-order valence-corrected chi connectivity index (χ3v) is 5.59. The molecule has 0 aliphatic carbocycles. The van der Waals surface area contributed by atoms with Crippen LogP contribution < -0.4 is 4.74 Å². The summed E-state index contributed by atoms with van der Waals surface area (Å²) in [7, 11) is 0. The maximum absolute atomic E-state index is 6.24. The molecule has 1 aromatic heterocycles. The molecule has 3 rings (SSSR count). The molecule has 8 heteroatoms. The van der Waals surface area contributed by atoms with Crippen LogP contribution in [0.4, 0.5) is 0 Å². The summed E-state index contributed by atoms with van der Waals surface area (Å²) in [5.41, 5.74) is 0.980. The van der Waals surface area contributed by atoms with Gasteiger partial charge in [-0.25, -0.2) is 0 Å². The van der Waals surface area contributed by atoms with Crippen LogP contribution in [0.15, 0.2) is 60.3 Å². The summed E-state index contributed by atoms with van der Waals surface area (Å²) in [6.45, 7) is 4.64. The van der Waals surface area contributed by atoms with Crippen molar-refractivity contribution in [2.45, 2.75) is 24.1 Å². The second-order valence-electron chi connectivity index (χ2n) is 5.54. The van der Waals surface area contributed by atoms with Crippen LogP contribution in [-0.2, 0) is 18.9 Å². The van der Waals surface area contributed by atoms with Gasteiger partial charge in [0.25, 0.3) is 0 Å². The van der Waals surface area contributed by atoms with Crippen molar-refractivity contribution < 1.29 is 4.74 Å². The molecule has 0 fully saturated rings. The Morgan fingerprint density at radius 1 is 1.07 bits per heavy atom. The van der Waals surface area contributed by atoms with E-state index in [9.17, 15) is 0 Å². The average Bonchev–Trinajstić information content (AvgIpc) is 3.02. The van der Waals surface area contributed by atoms with E-state index in [1.807, 2.05) is 34.9 Å². The average molecular weight is 441 g/mol. The quantitative estimate of drug-likeness (QED) is 0.304. The van der Waals surface area contributed by atoms with Crippen molar-refractivity contribution >= 4 is 46.6 Å². The van der Waals surface area contributed by atoms with Gasteiger partial charge < -0.3 is 4.74 Å². The molecule has 27 heavy (non-hydrogen) atoms. The van der Waals surface area contributed by atoms with Gasteiger partial charge in [0.15, 0.2) is 11.0 Å². The number of nitrogens with zero attached hydrogens (tertiary/aromatic N) is 3. The van der Waals surface area contributed by atoms with Gasteiger partial charge in [-0.15, -0.1) is 16.8 Å². The molecule has 4 nitrogen and oxygen atoms in total. The fraction of sp³-hybridized carbons (Fsp3) is 0.158. The smallest absolute Gasteiger partial charge is 0.191 e. The predicted molar refractivity (Wildman–Crippen MR) is 112 cm³/mol. The molecular weight excluding hydrogens is 425 g/mol. The van der Waals surface area contributed by atoms with E-state index < -0.39 is 0 Å². The predicted octanol–water partition coefficient (Wildman–Crippen LogP) is 6.30. The molecule has 0 unspecified atom stereocenters. The monoisotopic (exact) mass is 439 g/mol. The lowest BCUT2D eigenvalue weighted by atomic mass is 10.2. The first-order valence-electron chi connectivity index (χ1n) is 8.05. The molecule has 0 spiro atoms. The molecule has 0 aliphatic rings. The Morgan fingerprint density at radius 3 is 2.63 bits per heavy atom. The van der Waals surface area contributed by atoms with E-state index in [0.29, 0.717) is 38.9 Å². The largest absolute Gasteiger partial charge is 0.484 e. The van der Waals surface area contributed by atoms with Gasteiger partial charge in [0.1, 0.15) is 12.4 Å². The number of hydrogen-bond donors (Lipinski definition) is 0. The SMILES string of the molecule is C=CCn1c(COc2ccccc2Cl)nnc1SCc1ccc(Cl)cc1Cl. The fourth-order valence-corrected chi connectivity index (χ4v) is 4.05. The highest BCUT2D eigenvalue weighted by Crippen LogP contribution is 2.29. The lowest BCUT2D eigenvalue weighted by molar-refractivity contribution is 0.289. The van der Waals surface area contributed by atoms with Gasteiger partial charge in [0, 0.05) is 22.3 Å². The first-order valence-corrected chi connectivity index (χ1v) is 10.2. The maximum Gasteiger partial charge on any atom is 0.191 e. The Balaban J connectivity index is 1.72. The van der Waals surface area contributed by atoms with E-state index in [1.54, 1.807) is 18.2 Å². The van der Waals surface area contributed by atoms with Crippen LogP contribution >= 0.6 is 46.6 Å². The van der Waals surface area contributed by atoms with Crippen molar-refractivity contribution in [2.75, 3.05) is 0 Å². The summed E-state index contributed by atoms with van der Waals surface area (Å²) in [5.74, 6) is 1.95. The van der Waals surface area contributed by atoms with Crippen molar-refractivity contribution in [3.05, 3.63) is 81.6 Å². The molecule has 0 amide bonds. The summed E-state index contributed by atoms with van der Waals surface area (Å²) in [6, 6.07) is 12.8. The van der Waals surface area contributed by atoms with E-state index in [4.69, 9.17) is 39.5 Å². The first kappa shape index (κ1) is 20.1. The molecule has 0 saturated carbocycles. The topological polar surface area (TPSA) is 39.9 Å². The molecule has 1 heterocycles. The van der Waals surface area contributed by atoms with E-state index in [0.717, 1.165) is 10.7 Å². The Morgan fingerprint density at radius 2 is 1.89 bits per heavy atom. The second-order valence-corrected chi connectivity index (χ2v) is 7.73. The van der Waals surface area contributed by atoms with Crippen molar-refractivity contribution in [3.8, 4) is 5.75 Å². The van der Waals surface area contributed by atoms with Gasteiger partial charge in [0.2, 0.25) is 0 Å². The number of halogens is 3. The third-order valence-electron chi connectivity index (χ3n) is 3.67. The summed E-state index contributed by atoms with van der Waals surface area (Å²) >= 11 is 19.9. The van der Waals surface area contributed by atoms with Crippen molar-refractivity contribution in [2.24, 2.45) is 0 Å². The number of thioether (sulfide) groups is 1. The van der Waals surface area contributed by atoms with Gasteiger partial charge in [0.05, 0.1) is 5.02 Å². The fourth-order valence-electron chi connectivity index (χ4n) is 2.33. The normalized spacial score (nSPS) is 10.8. The number of hydrogen-bond acceptors (Lipinski definition) is 4. The Hall–Kier alpha value is -1.66. The van der Waals surface area contributed by atoms with E-state index in [1.165, 1.54) is 11.8 Å². The van der Waals surface area contributed by atoms with Crippen LogP contribution in [0.5, 0.6) is 5.75 Å². The number of benzene rings is 2. The molecule has 0 saturated heterocycles. The van der Waals surface area contributed by atoms with Crippen LogP contribution in [0.2, 0.25) is 15.1 Å². The third kappa shape index (κ3) is 5.20. The summed E-state index contributed by atoms with van der Waals surface area (Å²) in [5, 5.41) is 11.1. The first-order chi connectivity index (χ1) is 13.1. The highest BCUT2D eigenvalue weighted by Gasteiger charge is 2.14. The number of ether oxygens (including phenoxy) is 1. The lowest BCUT2D eigenvalue weighted by Gasteiger charge is -2.10. The summed E-state index contributed by atoms with van der Waals surface area (Å²) in [6.07, 6.45) is 1.79. The molecule has 0 bridgehead atoms. The number of para-hydroxylation sites is 1. The van der Waals surface area contributed by atoms with Gasteiger partial charge in [-0.1, -0.05) is 70.8 Å². The van der Waals surface area contributed by atoms with Crippen LogP contribution in [0, 0.1) is 0 Å². The lowest BCUT2D eigenvalue weighted by Crippen LogP contribution is -2.07. The molecule has 0 N–H and O–H groups in total. The number of aromatic nitrogens is 3. The highest BCUT2D eigenvalue weighted by molar-refractivity contribution is 7.98. The second kappa shape index (κ2) is 9.51. The van der Waals surface area contributed by atoms with E-state index in [2.05, 4.69) is 16.8 Å². The molecule has 2 aromatic carbocycles. The Bertz CT molecular complexity index is 946. The van der Waals surface area contributed by atoms with Crippen LogP contribution in [0.3, 0.4) is 0 Å². The minimum Gasteiger partial charge on any atom is -0.484 e. The Kier molecular flexibility index (Phi) is 7.07. The summed E-state index contributed by atoms with van der Waals surface area (Å²) < 4.78 is 7.74. The molecular formula is C19H16Cl3N3OS. The molecule has 3 aromatic rings. The Labute approximate surface area is 177 Å². The molecule has 0 atom stereocenters. The minimum atomic E-state index is 0.257. The van der Waals surface area contributed by atoms with E-state index in [-0.39, 0.29) is 6.61 Å². The number of rotatable bonds is 8. The van der Waals surface area contributed by atoms with Crippen molar-refractivity contribution in [3.63, 3.8) is 0 Å². The van der Waals surface area contributed by atoms with Crippen LogP contribution in [0.1, 0.15) is 11.4 Å². The zero-order valence-corrected chi connectivity index (χ0v) is 17.3. The standard InChI is InChI=1S/C19H16Cl3N3OS/c1-2-9-25-18(11-26-17-6-4-3-5-15(17)21)23-24-19(25)27-12-13-7-8-14(20)10-16(13)22/h2-8,10H,1,9,11-12H2. The van der Waals surface area contributed by atoms with Crippen LogP contribution in [-0.4, -0.2) is 14.8 Å². The summed E-state index contributed by atoms with van der Waals surface area (Å²) in [4.78, 5) is 0. The molecule has 0 aliphatic heterocycles. The van der Waals surface area contributed by atoms with Gasteiger partial charge in [-0.3, -0.25) is 4.57 Å². The molecule has 140 valence electrons. The van der Waals surface area contributed by atoms with Gasteiger partial charge >= 0.3 is 0 Å². The van der Waals surface area contributed by atoms with Crippen molar-refractivity contribution in [1.29, 1.82) is 0 Å². The van der Waals surface area contributed by atoms with Gasteiger partial charge in [-0.2, -0.15) is 0 Å².